The second-order valence-electron chi connectivity index (χ2n) is 8.07. The molecule has 0 saturated heterocycles. The molecule has 1 aromatic heterocycles. The summed E-state index contributed by atoms with van der Waals surface area (Å²) in [7, 11) is 3.40. The highest BCUT2D eigenvalue weighted by Gasteiger charge is 2.25. The van der Waals surface area contributed by atoms with Crippen molar-refractivity contribution in [3.8, 4) is 5.75 Å². The van der Waals surface area contributed by atoms with E-state index in [0.717, 1.165) is 5.56 Å². The van der Waals surface area contributed by atoms with Crippen LogP contribution in [0.25, 0.3) is 0 Å². The normalized spacial score (nSPS) is 11.9. The molecular weight excluding hydrogens is 474 g/mol. The lowest BCUT2D eigenvalue weighted by atomic mass is 10.0. The first kappa shape index (κ1) is 25.6. The third-order valence-corrected chi connectivity index (χ3v) is 6.76. The topological polar surface area (TPSA) is 98.1 Å². The summed E-state index contributed by atoms with van der Waals surface area (Å²) >= 11 is 7.40. The maximum Gasteiger partial charge on any atom is 0.251 e. The van der Waals surface area contributed by atoms with Crippen molar-refractivity contribution < 1.29 is 14.3 Å². The summed E-state index contributed by atoms with van der Waals surface area (Å²) < 4.78 is 6.96. The van der Waals surface area contributed by atoms with Crippen molar-refractivity contribution in [3.63, 3.8) is 0 Å². The molecule has 0 spiro atoms. The van der Waals surface area contributed by atoms with Crippen LogP contribution in [0.1, 0.15) is 41.6 Å². The van der Waals surface area contributed by atoms with Crippen LogP contribution in [-0.4, -0.2) is 39.4 Å². The van der Waals surface area contributed by atoms with E-state index in [0.29, 0.717) is 33.0 Å². The van der Waals surface area contributed by atoms with Gasteiger partial charge < -0.3 is 19.9 Å². The van der Waals surface area contributed by atoms with E-state index in [-0.39, 0.29) is 29.5 Å². The number of amides is 2. The molecule has 3 rings (SSSR count). The number of carbonyl (C=O) groups excluding carboxylic acids is 2. The van der Waals surface area contributed by atoms with E-state index >= 15 is 0 Å². The predicted molar refractivity (Wildman–Crippen MR) is 135 cm³/mol. The summed E-state index contributed by atoms with van der Waals surface area (Å²) in [6, 6.07) is 11.9. The predicted octanol–water partition coefficient (Wildman–Crippen LogP) is 4.64. The molecule has 0 aliphatic rings. The van der Waals surface area contributed by atoms with Crippen molar-refractivity contribution in [2.24, 2.45) is 13.0 Å². The first-order valence-corrected chi connectivity index (χ1v) is 12.1. The summed E-state index contributed by atoms with van der Waals surface area (Å²) in [6.07, 6.45) is 0. The summed E-state index contributed by atoms with van der Waals surface area (Å²) in [6.45, 7) is 5.86. The number of hydrogen-bond donors (Lipinski definition) is 2. The molecule has 2 amide bonds. The number of nitrogens with zero attached hydrogens (tertiary/aromatic N) is 3. The fourth-order valence-corrected chi connectivity index (χ4v) is 4.17. The van der Waals surface area contributed by atoms with Crippen molar-refractivity contribution in [2.75, 3.05) is 18.2 Å². The van der Waals surface area contributed by atoms with Gasteiger partial charge in [-0.2, -0.15) is 0 Å². The third-order valence-electron chi connectivity index (χ3n) is 5.33. The average molecular weight is 502 g/mol. The number of rotatable bonds is 9. The summed E-state index contributed by atoms with van der Waals surface area (Å²) in [5.41, 5.74) is 2.02. The monoisotopic (exact) mass is 501 g/mol. The highest BCUT2D eigenvalue weighted by molar-refractivity contribution is 7.99. The molecule has 10 heteroatoms. The van der Waals surface area contributed by atoms with Crippen LogP contribution in [0.3, 0.4) is 0 Å². The molecule has 0 aliphatic heterocycles. The molecule has 1 heterocycles. The van der Waals surface area contributed by atoms with Crippen LogP contribution in [0.2, 0.25) is 5.02 Å². The molecule has 8 nitrogen and oxygen atoms in total. The molecular formula is C24H28ClN5O3S. The lowest BCUT2D eigenvalue weighted by Crippen LogP contribution is -2.33. The number of ether oxygens (including phenoxy) is 1. The van der Waals surface area contributed by atoms with Gasteiger partial charge in [0.25, 0.3) is 5.91 Å². The van der Waals surface area contributed by atoms with Crippen LogP contribution in [0.5, 0.6) is 5.75 Å². The van der Waals surface area contributed by atoms with E-state index in [1.807, 2.05) is 38.5 Å². The van der Waals surface area contributed by atoms with Gasteiger partial charge in [0.1, 0.15) is 5.75 Å². The SMILES string of the molecule is COc1ccc(C(=O)N[C@@H](c2nnc(SCC(=O)Nc3cccc(Cl)c3C)n2C)C(C)C)cc1. The Bertz CT molecular complexity index is 1160. The maximum absolute atomic E-state index is 12.8. The Hall–Kier alpha value is -3.04. The Labute approximate surface area is 208 Å². The number of anilines is 1. The van der Waals surface area contributed by atoms with Crippen LogP contribution >= 0.6 is 23.4 Å². The summed E-state index contributed by atoms with van der Waals surface area (Å²) in [5.74, 6) is 1.13. The Morgan fingerprint density at radius 1 is 1.15 bits per heavy atom. The number of benzene rings is 2. The molecule has 2 aromatic carbocycles. The first-order chi connectivity index (χ1) is 16.2. The van der Waals surface area contributed by atoms with E-state index in [1.54, 1.807) is 43.5 Å². The zero-order chi connectivity index (χ0) is 24.8. The minimum absolute atomic E-state index is 0.0667. The highest BCUT2D eigenvalue weighted by atomic mass is 35.5. The average Bonchev–Trinajstić information content (AvgIpc) is 3.18. The minimum atomic E-state index is -0.357. The van der Waals surface area contributed by atoms with Crippen molar-refractivity contribution in [1.29, 1.82) is 0 Å². The van der Waals surface area contributed by atoms with Crippen LogP contribution < -0.4 is 15.4 Å². The highest BCUT2D eigenvalue weighted by Crippen LogP contribution is 2.26. The van der Waals surface area contributed by atoms with E-state index in [2.05, 4.69) is 20.8 Å². The van der Waals surface area contributed by atoms with Gasteiger partial charge in [-0.05, 0) is 54.8 Å². The standard InChI is InChI=1S/C24H28ClN5O3S/c1-14(2)21(27-23(32)16-9-11-17(33-5)12-10-16)22-28-29-24(30(22)4)34-13-20(31)26-19-8-6-7-18(25)15(19)3/h6-12,14,21H,13H2,1-5H3,(H,26,31)(H,27,32)/t21-/m1/s1. The van der Waals surface area contributed by atoms with Crippen molar-refractivity contribution >= 4 is 40.9 Å². The number of hydrogen-bond acceptors (Lipinski definition) is 6. The maximum atomic E-state index is 12.8. The van der Waals surface area contributed by atoms with Gasteiger partial charge in [0.15, 0.2) is 11.0 Å². The fourth-order valence-electron chi connectivity index (χ4n) is 3.28. The molecule has 0 unspecified atom stereocenters. The van der Waals surface area contributed by atoms with Crippen LogP contribution in [0, 0.1) is 12.8 Å². The molecule has 2 N–H and O–H groups in total. The van der Waals surface area contributed by atoms with Gasteiger partial charge in [0.05, 0.1) is 18.9 Å². The van der Waals surface area contributed by atoms with Gasteiger partial charge in [-0.15, -0.1) is 10.2 Å². The fraction of sp³-hybridized carbons (Fsp3) is 0.333. The van der Waals surface area contributed by atoms with E-state index in [4.69, 9.17) is 16.3 Å². The molecule has 0 aliphatic carbocycles. The number of methoxy groups -OCH3 is 1. The Kier molecular flexibility index (Phi) is 8.57. The van der Waals surface area contributed by atoms with Crippen LogP contribution in [-0.2, 0) is 11.8 Å². The van der Waals surface area contributed by atoms with Crippen LogP contribution in [0.4, 0.5) is 5.69 Å². The zero-order valence-electron chi connectivity index (χ0n) is 19.8. The van der Waals surface area contributed by atoms with E-state index < -0.39 is 0 Å². The third kappa shape index (κ3) is 6.09. The van der Waals surface area contributed by atoms with Gasteiger partial charge in [-0.25, -0.2) is 0 Å². The Morgan fingerprint density at radius 2 is 1.85 bits per heavy atom. The number of aromatic nitrogens is 3. The van der Waals surface area contributed by atoms with E-state index in [9.17, 15) is 9.59 Å². The lowest BCUT2D eigenvalue weighted by molar-refractivity contribution is -0.113. The smallest absolute Gasteiger partial charge is 0.251 e. The first-order valence-electron chi connectivity index (χ1n) is 10.7. The van der Waals surface area contributed by atoms with Crippen molar-refractivity contribution in [1.82, 2.24) is 20.1 Å². The van der Waals surface area contributed by atoms with Gasteiger partial charge in [-0.1, -0.05) is 43.3 Å². The quantitative estimate of drug-likeness (QED) is 0.414. The van der Waals surface area contributed by atoms with Gasteiger partial charge in [0, 0.05) is 23.3 Å². The lowest BCUT2D eigenvalue weighted by Gasteiger charge is -2.21. The van der Waals surface area contributed by atoms with Crippen LogP contribution in [0.15, 0.2) is 47.6 Å². The van der Waals surface area contributed by atoms with Crippen molar-refractivity contribution in [2.45, 2.75) is 32.0 Å². The number of nitrogens with one attached hydrogen (secondary N) is 2. The second kappa shape index (κ2) is 11.4. The number of carbonyl (C=O) groups is 2. The molecule has 1 atom stereocenters. The molecule has 34 heavy (non-hydrogen) atoms. The van der Waals surface area contributed by atoms with Gasteiger partial charge in [-0.3, -0.25) is 9.59 Å². The summed E-state index contributed by atoms with van der Waals surface area (Å²) in [4.78, 5) is 25.3. The number of thioether (sulfide) groups is 1. The Balaban J connectivity index is 1.67. The molecule has 0 fully saturated rings. The molecule has 0 saturated carbocycles. The Morgan fingerprint density at radius 3 is 2.50 bits per heavy atom. The number of halogens is 1. The molecule has 3 aromatic rings. The molecule has 0 radical (unpaired) electrons. The molecule has 180 valence electrons. The van der Waals surface area contributed by atoms with Gasteiger partial charge >= 0.3 is 0 Å². The van der Waals surface area contributed by atoms with Crippen molar-refractivity contribution in [3.05, 3.63) is 64.4 Å². The molecule has 0 bridgehead atoms. The zero-order valence-corrected chi connectivity index (χ0v) is 21.3. The second-order valence-corrected chi connectivity index (χ2v) is 9.42. The van der Waals surface area contributed by atoms with Gasteiger partial charge in [0.2, 0.25) is 5.91 Å². The van der Waals surface area contributed by atoms with E-state index in [1.165, 1.54) is 11.8 Å². The largest absolute Gasteiger partial charge is 0.497 e. The summed E-state index contributed by atoms with van der Waals surface area (Å²) in [5, 5.41) is 15.6. The minimum Gasteiger partial charge on any atom is -0.497 e.